The molecule has 0 aliphatic heterocycles. The lowest BCUT2D eigenvalue weighted by atomic mass is 10.1. The van der Waals surface area contributed by atoms with E-state index in [1.807, 2.05) is 44.2 Å². The first-order valence-corrected chi connectivity index (χ1v) is 7.43. The minimum absolute atomic E-state index is 0.0555. The summed E-state index contributed by atoms with van der Waals surface area (Å²) in [5, 5.41) is 2.80. The molecule has 1 N–H and O–H groups in total. The van der Waals surface area contributed by atoms with Crippen molar-refractivity contribution in [2.75, 3.05) is 18.5 Å². The van der Waals surface area contributed by atoms with Gasteiger partial charge in [0.1, 0.15) is 18.1 Å². The van der Waals surface area contributed by atoms with E-state index in [-0.39, 0.29) is 12.5 Å². The predicted molar refractivity (Wildman–Crippen MR) is 92.2 cm³/mol. The number of rotatable bonds is 7. The molecule has 0 aliphatic carbocycles. The number of nitrogens with one attached hydrogen (secondary N) is 1. The van der Waals surface area contributed by atoms with Crippen LogP contribution >= 0.6 is 0 Å². The number of ether oxygens (including phenoxy) is 2. The van der Waals surface area contributed by atoms with Gasteiger partial charge in [-0.2, -0.15) is 0 Å². The highest BCUT2D eigenvalue weighted by Crippen LogP contribution is 2.24. The molecule has 0 atom stereocenters. The van der Waals surface area contributed by atoms with Gasteiger partial charge < -0.3 is 14.8 Å². The standard InChI is InChI=1S/C19H21NO3/c1-4-11-22-17-8-6-5-7-16(17)20-19(21)13-23-18-12-14(2)9-10-15(18)3/h4-10,12H,1,11,13H2,2-3H3,(H,20,21). The maximum atomic E-state index is 12.1. The van der Waals surface area contributed by atoms with Gasteiger partial charge in [-0.3, -0.25) is 4.79 Å². The third-order valence-electron chi connectivity index (χ3n) is 3.22. The number of benzene rings is 2. The normalized spacial score (nSPS) is 10.0. The SMILES string of the molecule is C=CCOc1ccccc1NC(=O)COc1cc(C)ccc1C. The Morgan fingerprint density at radius 2 is 1.91 bits per heavy atom. The Morgan fingerprint density at radius 3 is 2.70 bits per heavy atom. The van der Waals surface area contributed by atoms with E-state index >= 15 is 0 Å². The number of para-hydroxylation sites is 2. The first-order chi connectivity index (χ1) is 11.1. The molecule has 0 heterocycles. The van der Waals surface area contributed by atoms with Crippen LogP contribution in [0.3, 0.4) is 0 Å². The molecule has 2 aromatic rings. The van der Waals surface area contributed by atoms with Gasteiger partial charge in [-0.15, -0.1) is 0 Å². The van der Waals surface area contributed by atoms with Crippen molar-refractivity contribution in [3.05, 3.63) is 66.2 Å². The highest BCUT2D eigenvalue weighted by Gasteiger charge is 2.09. The molecule has 1 amide bonds. The van der Waals surface area contributed by atoms with Crippen molar-refractivity contribution < 1.29 is 14.3 Å². The van der Waals surface area contributed by atoms with Gasteiger partial charge in [-0.05, 0) is 43.2 Å². The second-order valence-corrected chi connectivity index (χ2v) is 5.20. The Labute approximate surface area is 136 Å². The lowest BCUT2D eigenvalue weighted by molar-refractivity contribution is -0.118. The molecule has 0 saturated carbocycles. The molecule has 0 aliphatic rings. The van der Waals surface area contributed by atoms with Crippen LogP contribution in [0.25, 0.3) is 0 Å². The van der Waals surface area contributed by atoms with E-state index in [0.29, 0.717) is 18.0 Å². The molecule has 2 aromatic carbocycles. The zero-order valence-electron chi connectivity index (χ0n) is 13.5. The molecule has 0 saturated heterocycles. The second-order valence-electron chi connectivity index (χ2n) is 5.20. The third-order valence-corrected chi connectivity index (χ3v) is 3.22. The van der Waals surface area contributed by atoms with E-state index in [0.717, 1.165) is 16.9 Å². The van der Waals surface area contributed by atoms with E-state index in [1.54, 1.807) is 18.2 Å². The maximum Gasteiger partial charge on any atom is 0.262 e. The molecule has 23 heavy (non-hydrogen) atoms. The van der Waals surface area contributed by atoms with Crippen LogP contribution in [0.5, 0.6) is 11.5 Å². The Morgan fingerprint density at radius 1 is 1.13 bits per heavy atom. The van der Waals surface area contributed by atoms with Gasteiger partial charge in [-0.1, -0.05) is 36.9 Å². The fourth-order valence-corrected chi connectivity index (χ4v) is 2.04. The number of carbonyl (C=O) groups excluding carboxylic acids is 1. The lowest BCUT2D eigenvalue weighted by Gasteiger charge is -2.13. The fraction of sp³-hybridized carbons (Fsp3) is 0.211. The Hall–Kier alpha value is -2.75. The molecule has 0 radical (unpaired) electrons. The van der Waals surface area contributed by atoms with Crippen LogP contribution in [0, 0.1) is 13.8 Å². The molecule has 4 nitrogen and oxygen atoms in total. The maximum absolute atomic E-state index is 12.1. The third kappa shape index (κ3) is 4.88. The number of aryl methyl sites for hydroxylation is 2. The first kappa shape index (κ1) is 16.6. The van der Waals surface area contributed by atoms with Crippen LogP contribution in [0.15, 0.2) is 55.1 Å². The lowest BCUT2D eigenvalue weighted by Crippen LogP contribution is -2.20. The smallest absolute Gasteiger partial charge is 0.262 e. The molecular formula is C19H21NO3. The van der Waals surface area contributed by atoms with E-state index in [2.05, 4.69) is 11.9 Å². The molecular weight excluding hydrogens is 290 g/mol. The fourth-order valence-electron chi connectivity index (χ4n) is 2.04. The van der Waals surface area contributed by atoms with Gasteiger partial charge in [0.2, 0.25) is 0 Å². The van der Waals surface area contributed by atoms with Crippen molar-refractivity contribution >= 4 is 11.6 Å². The molecule has 0 spiro atoms. The van der Waals surface area contributed by atoms with Crippen LogP contribution in [0.1, 0.15) is 11.1 Å². The summed E-state index contributed by atoms with van der Waals surface area (Å²) >= 11 is 0. The zero-order valence-corrected chi connectivity index (χ0v) is 13.5. The summed E-state index contributed by atoms with van der Waals surface area (Å²) in [4.78, 5) is 12.1. The molecule has 0 unspecified atom stereocenters. The minimum atomic E-state index is -0.236. The second kappa shape index (κ2) is 8.03. The molecule has 2 rings (SSSR count). The van der Waals surface area contributed by atoms with Crippen molar-refractivity contribution in [1.29, 1.82) is 0 Å². The Kier molecular flexibility index (Phi) is 5.80. The van der Waals surface area contributed by atoms with Crippen molar-refractivity contribution in [2.24, 2.45) is 0 Å². The summed E-state index contributed by atoms with van der Waals surface area (Å²) in [6.45, 7) is 7.87. The first-order valence-electron chi connectivity index (χ1n) is 7.43. The average Bonchev–Trinajstić information content (AvgIpc) is 2.55. The summed E-state index contributed by atoms with van der Waals surface area (Å²) in [5.74, 6) is 1.09. The van der Waals surface area contributed by atoms with Gasteiger partial charge in [0.05, 0.1) is 5.69 Å². The van der Waals surface area contributed by atoms with Crippen molar-refractivity contribution in [3.8, 4) is 11.5 Å². The number of anilines is 1. The van der Waals surface area contributed by atoms with E-state index in [9.17, 15) is 4.79 Å². The van der Waals surface area contributed by atoms with Crippen LogP contribution < -0.4 is 14.8 Å². The largest absolute Gasteiger partial charge is 0.487 e. The zero-order chi connectivity index (χ0) is 16.7. The Bertz CT molecular complexity index is 695. The van der Waals surface area contributed by atoms with Gasteiger partial charge in [0.25, 0.3) is 5.91 Å². The molecule has 4 heteroatoms. The van der Waals surface area contributed by atoms with Crippen LogP contribution in [0.4, 0.5) is 5.69 Å². The van der Waals surface area contributed by atoms with E-state index < -0.39 is 0 Å². The molecule has 0 fully saturated rings. The van der Waals surface area contributed by atoms with Crippen LogP contribution in [-0.4, -0.2) is 19.1 Å². The van der Waals surface area contributed by atoms with Crippen LogP contribution in [0.2, 0.25) is 0 Å². The van der Waals surface area contributed by atoms with Gasteiger partial charge >= 0.3 is 0 Å². The average molecular weight is 311 g/mol. The molecule has 0 bridgehead atoms. The number of carbonyl (C=O) groups is 1. The van der Waals surface area contributed by atoms with Crippen LogP contribution in [-0.2, 0) is 4.79 Å². The van der Waals surface area contributed by atoms with Gasteiger partial charge in [0.15, 0.2) is 6.61 Å². The number of hydrogen-bond donors (Lipinski definition) is 1. The van der Waals surface area contributed by atoms with E-state index in [4.69, 9.17) is 9.47 Å². The van der Waals surface area contributed by atoms with Crippen molar-refractivity contribution in [3.63, 3.8) is 0 Å². The highest BCUT2D eigenvalue weighted by atomic mass is 16.5. The van der Waals surface area contributed by atoms with Crippen molar-refractivity contribution in [1.82, 2.24) is 0 Å². The number of hydrogen-bond acceptors (Lipinski definition) is 3. The monoisotopic (exact) mass is 311 g/mol. The van der Waals surface area contributed by atoms with E-state index in [1.165, 1.54) is 0 Å². The summed E-state index contributed by atoms with van der Waals surface area (Å²) in [6.07, 6.45) is 1.65. The summed E-state index contributed by atoms with van der Waals surface area (Å²) < 4.78 is 11.1. The quantitative estimate of drug-likeness (QED) is 0.789. The summed E-state index contributed by atoms with van der Waals surface area (Å²) in [6, 6.07) is 13.2. The number of amides is 1. The summed E-state index contributed by atoms with van der Waals surface area (Å²) in [5.41, 5.74) is 2.70. The molecule has 0 aromatic heterocycles. The topological polar surface area (TPSA) is 47.6 Å². The highest BCUT2D eigenvalue weighted by molar-refractivity contribution is 5.93. The van der Waals surface area contributed by atoms with Gasteiger partial charge in [0, 0.05) is 0 Å². The molecule has 120 valence electrons. The van der Waals surface area contributed by atoms with Gasteiger partial charge in [-0.25, -0.2) is 0 Å². The van der Waals surface area contributed by atoms with Crippen molar-refractivity contribution in [2.45, 2.75) is 13.8 Å². The summed E-state index contributed by atoms with van der Waals surface area (Å²) in [7, 11) is 0. The minimum Gasteiger partial charge on any atom is -0.487 e. The predicted octanol–water partition coefficient (Wildman–Crippen LogP) is 3.89. The Balaban J connectivity index is 1.97.